The molecule has 0 amide bonds. The number of nitrogens with zero attached hydrogens (tertiary/aromatic N) is 1. The van der Waals surface area contributed by atoms with Crippen LogP contribution < -0.4 is 5.73 Å². The van der Waals surface area contributed by atoms with Gasteiger partial charge in [-0.1, -0.05) is 6.07 Å². The van der Waals surface area contributed by atoms with Crippen molar-refractivity contribution in [1.29, 1.82) is 0 Å². The molecule has 0 aliphatic carbocycles. The van der Waals surface area contributed by atoms with Crippen LogP contribution in [0.1, 0.15) is 5.69 Å². The third-order valence-corrected chi connectivity index (χ3v) is 3.10. The Morgan fingerprint density at radius 2 is 2.23 bits per heavy atom. The molecule has 2 N–H and O–H groups in total. The molecule has 0 aliphatic rings. The molecule has 0 bridgehead atoms. The van der Waals surface area contributed by atoms with Crippen LogP contribution in [0.3, 0.4) is 0 Å². The Kier molecular flexibility index (Phi) is 2.20. The fourth-order valence-corrected chi connectivity index (χ4v) is 2.22. The largest absolute Gasteiger partial charge is 0.346 e. The third-order valence-electron chi connectivity index (χ3n) is 2.21. The third kappa shape index (κ3) is 1.41. The zero-order chi connectivity index (χ0) is 9.26. The van der Waals surface area contributed by atoms with Crippen LogP contribution in [0.2, 0.25) is 0 Å². The van der Waals surface area contributed by atoms with Crippen LogP contribution in [0.5, 0.6) is 0 Å². The monoisotopic (exact) mass is 192 g/mol. The van der Waals surface area contributed by atoms with E-state index in [-0.39, 0.29) is 0 Å². The van der Waals surface area contributed by atoms with Gasteiger partial charge in [0.15, 0.2) is 0 Å². The van der Waals surface area contributed by atoms with E-state index in [1.165, 1.54) is 16.3 Å². The smallest absolute Gasteiger partial charge is 0.0581 e. The predicted molar refractivity (Wildman–Crippen MR) is 56.6 cm³/mol. The number of hydrogen-bond acceptors (Lipinski definition) is 2. The van der Waals surface area contributed by atoms with Crippen LogP contribution in [0.15, 0.2) is 29.6 Å². The highest BCUT2D eigenvalue weighted by atomic mass is 32.1. The molecule has 68 valence electrons. The highest BCUT2D eigenvalue weighted by molar-refractivity contribution is 7.13. The van der Waals surface area contributed by atoms with Gasteiger partial charge in [-0.2, -0.15) is 0 Å². The molecule has 3 heteroatoms. The zero-order valence-corrected chi connectivity index (χ0v) is 8.34. The topological polar surface area (TPSA) is 30.9 Å². The second-order valence-electron chi connectivity index (χ2n) is 2.95. The molecule has 2 nitrogen and oxygen atoms in total. The fraction of sp³-hybridized carbons (Fsp3) is 0.200. The number of rotatable bonds is 2. The summed E-state index contributed by atoms with van der Waals surface area (Å²) >= 11 is 1.75. The highest BCUT2D eigenvalue weighted by Gasteiger charge is 2.05. The van der Waals surface area contributed by atoms with Crippen LogP contribution in [-0.2, 0) is 13.6 Å². The van der Waals surface area contributed by atoms with Gasteiger partial charge in [-0.25, -0.2) is 0 Å². The van der Waals surface area contributed by atoms with Crippen molar-refractivity contribution in [3.05, 3.63) is 35.3 Å². The van der Waals surface area contributed by atoms with Gasteiger partial charge in [0.25, 0.3) is 0 Å². The fourth-order valence-electron chi connectivity index (χ4n) is 1.43. The molecular formula is C10H12N2S. The van der Waals surface area contributed by atoms with Crippen molar-refractivity contribution in [2.45, 2.75) is 6.54 Å². The standard InChI is InChI=1S/C10H12N2S/c1-12-8(7-11)4-5-9(12)10-3-2-6-13-10/h2-6H,7,11H2,1H3. The summed E-state index contributed by atoms with van der Waals surface area (Å²) in [5.41, 5.74) is 8.02. The first-order chi connectivity index (χ1) is 6.33. The highest BCUT2D eigenvalue weighted by Crippen LogP contribution is 2.25. The first kappa shape index (κ1) is 8.53. The Bertz CT molecular complexity index is 387. The summed E-state index contributed by atoms with van der Waals surface area (Å²) in [5, 5.41) is 2.09. The minimum Gasteiger partial charge on any atom is -0.346 e. The molecule has 2 rings (SSSR count). The van der Waals surface area contributed by atoms with Crippen LogP contribution in [0.4, 0.5) is 0 Å². The van der Waals surface area contributed by atoms with Gasteiger partial charge in [0.05, 0.1) is 10.6 Å². The lowest BCUT2D eigenvalue weighted by Gasteiger charge is -2.03. The summed E-state index contributed by atoms with van der Waals surface area (Å²) in [5.74, 6) is 0. The van der Waals surface area contributed by atoms with Crippen LogP contribution in [0.25, 0.3) is 10.6 Å². The van der Waals surface area contributed by atoms with Crippen LogP contribution in [0, 0.1) is 0 Å². The van der Waals surface area contributed by atoms with E-state index in [9.17, 15) is 0 Å². The summed E-state index contributed by atoms with van der Waals surface area (Å²) in [4.78, 5) is 1.29. The lowest BCUT2D eigenvalue weighted by Crippen LogP contribution is -2.03. The second kappa shape index (κ2) is 3.36. The molecule has 2 aromatic rings. The zero-order valence-electron chi connectivity index (χ0n) is 7.53. The van der Waals surface area contributed by atoms with Crippen molar-refractivity contribution in [3.8, 4) is 10.6 Å². The predicted octanol–water partition coefficient (Wildman–Crippen LogP) is 2.21. The second-order valence-corrected chi connectivity index (χ2v) is 3.90. The van der Waals surface area contributed by atoms with E-state index < -0.39 is 0 Å². The summed E-state index contributed by atoms with van der Waals surface area (Å²) in [7, 11) is 2.05. The molecule has 0 saturated carbocycles. The van der Waals surface area contributed by atoms with Gasteiger partial charge < -0.3 is 10.3 Å². The van der Waals surface area contributed by atoms with E-state index in [2.05, 4.69) is 41.3 Å². The summed E-state index contributed by atoms with van der Waals surface area (Å²) < 4.78 is 2.14. The first-order valence-corrected chi connectivity index (χ1v) is 5.09. The Hall–Kier alpha value is -1.06. The maximum Gasteiger partial charge on any atom is 0.0581 e. The van der Waals surface area contributed by atoms with Gasteiger partial charge in [-0.05, 0) is 23.6 Å². The Labute approximate surface area is 81.6 Å². The van der Waals surface area contributed by atoms with E-state index in [4.69, 9.17) is 5.73 Å². The molecule has 13 heavy (non-hydrogen) atoms. The summed E-state index contributed by atoms with van der Waals surface area (Å²) in [6.07, 6.45) is 0. The van der Waals surface area contributed by atoms with Gasteiger partial charge in [-0.3, -0.25) is 0 Å². The average molecular weight is 192 g/mol. The van der Waals surface area contributed by atoms with E-state index in [1.807, 2.05) is 0 Å². The average Bonchev–Trinajstić information content (AvgIpc) is 2.72. The number of nitrogens with two attached hydrogens (primary N) is 1. The van der Waals surface area contributed by atoms with E-state index in [0.29, 0.717) is 6.54 Å². The van der Waals surface area contributed by atoms with E-state index in [0.717, 1.165) is 0 Å². The molecule has 0 atom stereocenters. The molecule has 0 saturated heterocycles. The van der Waals surface area contributed by atoms with Gasteiger partial charge in [0.1, 0.15) is 0 Å². The van der Waals surface area contributed by atoms with Crippen molar-refractivity contribution < 1.29 is 0 Å². The molecular weight excluding hydrogens is 180 g/mol. The normalized spacial score (nSPS) is 10.6. The van der Waals surface area contributed by atoms with Gasteiger partial charge >= 0.3 is 0 Å². The lowest BCUT2D eigenvalue weighted by molar-refractivity contribution is 0.832. The van der Waals surface area contributed by atoms with Crippen LogP contribution >= 0.6 is 11.3 Å². The molecule has 0 unspecified atom stereocenters. The number of thiophene rings is 1. The molecule has 2 aromatic heterocycles. The van der Waals surface area contributed by atoms with Crippen molar-refractivity contribution in [2.24, 2.45) is 12.8 Å². The molecule has 0 aliphatic heterocycles. The lowest BCUT2D eigenvalue weighted by atomic mass is 10.3. The number of hydrogen-bond donors (Lipinski definition) is 1. The first-order valence-electron chi connectivity index (χ1n) is 4.21. The quantitative estimate of drug-likeness (QED) is 0.777. The molecule has 0 radical (unpaired) electrons. The minimum absolute atomic E-state index is 0.599. The maximum absolute atomic E-state index is 5.60. The summed E-state index contributed by atoms with van der Waals surface area (Å²) in [6, 6.07) is 8.39. The Morgan fingerprint density at radius 3 is 2.77 bits per heavy atom. The SMILES string of the molecule is Cn1c(CN)ccc1-c1cccs1. The van der Waals surface area contributed by atoms with Crippen molar-refractivity contribution in [1.82, 2.24) is 4.57 Å². The number of aromatic nitrogens is 1. The van der Waals surface area contributed by atoms with Crippen molar-refractivity contribution >= 4 is 11.3 Å². The van der Waals surface area contributed by atoms with Gasteiger partial charge in [-0.15, -0.1) is 11.3 Å². The Balaban J connectivity index is 2.48. The van der Waals surface area contributed by atoms with E-state index in [1.54, 1.807) is 11.3 Å². The van der Waals surface area contributed by atoms with Crippen molar-refractivity contribution in [3.63, 3.8) is 0 Å². The van der Waals surface area contributed by atoms with Gasteiger partial charge in [0, 0.05) is 19.3 Å². The molecule has 0 aromatic carbocycles. The molecule has 2 heterocycles. The summed E-state index contributed by atoms with van der Waals surface area (Å²) in [6.45, 7) is 0.599. The minimum atomic E-state index is 0.599. The van der Waals surface area contributed by atoms with E-state index >= 15 is 0 Å². The van der Waals surface area contributed by atoms with Gasteiger partial charge in [0.2, 0.25) is 0 Å². The molecule has 0 spiro atoms. The Morgan fingerprint density at radius 1 is 1.38 bits per heavy atom. The van der Waals surface area contributed by atoms with Crippen LogP contribution in [-0.4, -0.2) is 4.57 Å². The maximum atomic E-state index is 5.60. The van der Waals surface area contributed by atoms with Crippen molar-refractivity contribution in [2.75, 3.05) is 0 Å². The molecule has 0 fully saturated rings.